The topological polar surface area (TPSA) is 75.2 Å². The molecule has 0 radical (unpaired) electrons. The van der Waals surface area contributed by atoms with Crippen LogP contribution in [0.5, 0.6) is 0 Å². The van der Waals surface area contributed by atoms with Crippen molar-refractivity contribution in [2.24, 2.45) is 0 Å². The van der Waals surface area contributed by atoms with Gasteiger partial charge in [0.1, 0.15) is 10.8 Å². The standard InChI is InChI=1S/C17H18N4O2S/c22-16-6-7-17(23)21(16)9-8-19-14-10-18-11-15(20-14)24-12-13-4-2-1-3-5-13/h1-5,10-11H,6-9,12H2,(H,19,20). The summed E-state index contributed by atoms with van der Waals surface area (Å²) in [4.78, 5) is 33.1. The number of nitrogens with zero attached hydrogens (tertiary/aromatic N) is 3. The Kier molecular flexibility index (Phi) is 5.43. The average Bonchev–Trinajstić information content (AvgIpc) is 2.93. The van der Waals surface area contributed by atoms with Crippen LogP contribution in [-0.2, 0) is 15.3 Å². The minimum Gasteiger partial charge on any atom is -0.367 e. The molecule has 0 atom stereocenters. The molecule has 2 aromatic rings. The van der Waals surface area contributed by atoms with Gasteiger partial charge in [0.2, 0.25) is 11.8 Å². The molecule has 7 heteroatoms. The van der Waals surface area contributed by atoms with Gasteiger partial charge >= 0.3 is 0 Å². The molecule has 124 valence electrons. The number of rotatable bonds is 7. The summed E-state index contributed by atoms with van der Waals surface area (Å²) in [5.41, 5.74) is 1.23. The van der Waals surface area contributed by atoms with Gasteiger partial charge in [-0.05, 0) is 5.56 Å². The summed E-state index contributed by atoms with van der Waals surface area (Å²) >= 11 is 1.61. The van der Waals surface area contributed by atoms with Gasteiger partial charge in [-0.25, -0.2) is 4.98 Å². The zero-order valence-corrected chi connectivity index (χ0v) is 14.0. The highest BCUT2D eigenvalue weighted by atomic mass is 32.2. The van der Waals surface area contributed by atoms with Crippen LogP contribution in [0.1, 0.15) is 18.4 Å². The molecule has 1 aromatic heterocycles. The third-order valence-corrected chi connectivity index (χ3v) is 4.61. The lowest BCUT2D eigenvalue weighted by Crippen LogP contribution is -2.33. The van der Waals surface area contributed by atoms with E-state index in [2.05, 4.69) is 27.4 Å². The highest BCUT2D eigenvalue weighted by Crippen LogP contribution is 2.21. The molecule has 0 saturated carbocycles. The predicted molar refractivity (Wildman–Crippen MR) is 92.5 cm³/mol. The van der Waals surface area contributed by atoms with Crippen molar-refractivity contribution in [1.29, 1.82) is 0 Å². The number of imide groups is 1. The Hall–Kier alpha value is -2.41. The Labute approximate surface area is 144 Å². The van der Waals surface area contributed by atoms with Gasteiger partial charge in [-0.1, -0.05) is 30.3 Å². The number of hydrogen-bond donors (Lipinski definition) is 1. The molecule has 1 N–H and O–H groups in total. The Balaban J connectivity index is 1.50. The first-order valence-corrected chi connectivity index (χ1v) is 8.77. The molecule has 1 saturated heterocycles. The summed E-state index contributed by atoms with van der Waals surface area (Å²) in [6.45, 7) is 0.833. The van der Waals surface area contributed by atoms with E-state index < -0.39 is 0 Å². The van der Waals surface area contributed by atoms with E-state index >= 15 is 0 Å². The molecule has 24 heavy (non-hydrogen) atoms. The second-order valence-corrected chi connectivity index (χ2v) is 6.38. The van der Waals surface area contributed by atoms with Gasteiger partial charge < -0.3 is 5.32 Å². The Bertz CT molecular complexity index is 708. The van der Waals surface area contributed by atoms with Crippen molar-refractivity contribution in [3.8, 4) is 0 Å². The third-order valence-electron chi connectivity index (χ3n) is 3.64. The largest absolute Gasteiger partial charge is 0.367 e. The first kappa shape index (κ1) is 16.4. The number of aromatic nitrogens is 2. The number of benzene rings is 1. The van der Waals surface area contributed by atoms with Crippen LogP contribution >= 0.6 is 11.8 Å². The molecular formula is C17H18N4O2S. The van der Waals surface area contributed by atoms with E-state index in [1.165, 1.54) is 10.5 Å². The van der Waals surface area contributed by atoms with Crippen LogP contribution in [0.15, 0.2) is 47.8 Å². The maximum Gasteiger partial charge on any atom is 0.229 e. The molecular weight excluding hydrogens is 324 g/mol. The summed E-state index contributed by atoms with van der Waals surface area (Å²) in [7, 11) is 0. The van der Waals surface area contributed by atoms with Gasteiger partial charge in [0.15, 0.2) is 0 Å². The number of hydrogen-bond acceptors (Lipinski definition) is 6. The van der Waals surface area contributed by atoms with Gasteiger partial charge in [-0.3, -0.25) is 19.5 Å². The van der Waals surface area contributed by atoms with E-state index in [9.17, 15) is 9.59 Å². The molecule has 2 heterocycles. The normalized spacial score (nSPS) is 14.2. The number of amides is 2. The maximum absolute atomic E-state index is 11.5. The molecule has 0 spiro atoms. The zero-order valence-electron chi connectivity index (χ0n) is 13.1. The van der Waals surface area contributed by atoms with Crippen LogP contribution in [-0.4, -0.2) is 39.8 Å². The molecule has 1 aliphatic rings. The Morgan fingerprint density at radius 1 is 1.08 bits per heavy atom. The van der Waals surface area contributed by atoms with Crippen LogP contribution < -0.4 is 5.32 Å². The summed E-state index contributed by atoms with van der Waals surface area (Å²) < 4.78 is 0. The van der Waals surface area contributed by atoms with Gasteiger partial charge in [0, 0.05) is 31.7 Å². The molecule has 1 aromatic carbocycles. The van der Waals surface area contributed by atoms with E-state index in [0.717, 1.165) is 10.8 Å². The molecule has 2 amide bonds. The fourth-order valence-corrected chi connectivity index (χ4v) is 3.21. The summed E-state index contributed by atoms with van der Waals surface area (Å²) in [6, 6.07) is 10.2. The monoisotopic (exact) mass is 342 g/mol. The van der Waals surface area contributed by atoms with E-state index in [4.69, 9.17) is 0 Å². The first-order valence-electron chi connectivity index (χ1n) is 7.78. The Morgan fingerprint density at radius 3 is 2.58 bits per heavy atom. The summed E-state index contributed by atoms with van der Waals surface area (Å²) in [5.74, 6) is 1.28. The van der Waals surface area contributed by atoms with E-state index in [0.29, 0.717) is 31.7 Å². The smallest absolute Gasteiger partial charge is 0.229 e. The van der Waals surface area contributed by atoms with Crippen LogP contribution in [0.4, 0.5) is 5.82 Å². The lowest BCUT2D eigenvalue weighted by molar-refractivity contribution is -0.138. The third kappa shape index (κ3) is 4.32. The SMILES string of the molecule is O=C1CCC(=O)N1CCNc1cncc(SCc2ccccc2)n1. The second kappa shape index (κ2) is 7.92. The van der Waals surface area contributed by atoms with Crippen molar-refractivity contribution in [2.45, 2.75) is 23.6 Å². The fraction of sp³-hybridized carbons (Fsp3) is 0.294. The molecule has 0 aliphatic carbocycles. The molecule has 6 nitrogen and oxygen atoms in total. The fourth-order valence-electron chi connectivity index (χ4n) is 2.40. The van der Waals surface area contributed by atoms with Gasteiger partial charge in [0.25, 0.3) is 0 Å². The second-order valence-electron chi connectivity index (χ2n) is 5.38. The minimum absolute atomic E-state index is 0.0972. The lowest BCUT2D eigenvalue weighted by atomic mass is 10.2. The molecule has 3 rings (SSSR count). The van der Waals surface area contributed by atoms with Crippen molar-refractivity contribution in [3.63, 3.8) is 0 Å². The quantitative estimate of drug-likeness (QED) is 0.615. The highest BCUT2D eigenvalue weighted by Gasteiger charge is 2.27. The molecule has 0 bridgehead atoms. The van der Waals surface area contributed by atoms with Crippen molar-refractivity contribution in [2.75, 3.05) is 18.4 Å². The number of carbonyl (C=O) groups excluding carboxylic acids is 2. The van der Waals surface area contributed by atoms with E-state index in [-0.39, 0.29) is 11.8 Å². The van der Waals surface area contributed by atoms with Crippen molar-refractivity contribution in [1.82, 2.24) is 14.9 Å². The first-order chi connectivity index (χ1) is 11.7. The van der Waals surface area contributed by atoms with Crippen LogP contribution in [0.25, 0.3) is 0 Å². The van der Waals surface area contributed by atoms with E-state index in [1.807, 2.05) is 18.2 Å². The van der Waals surface area contributed by atoms with Crippen LogP contribution in [0.3, 0.4) is 0 Å². The predicted octanol–water partition coefficient (Wildman–Crippen LogP) is 2.33. The number of nitrogens with one attached hydrogen (secondary N) is 1. The average molecular weight is 342 g/mol. The molecule has 1 aliphatic heterocycles. The maximum atomic E-state index is 11.5. The number of anilines is 1. The van der Waals surface area contributed by atoms with Crippen molar-refractivity contribution in [3.05, 3.63) is 48.3 Å². The van der Waals surface area contributed by atoms with Crippen LogP contribution in [0.2, 0.25) is 0 Å². The zero-order chi connectivity index (χ0) is 16.8. The van der Waals surface area contributed by atoms with Gasteiger partial charge in [-0.2, -0.15) is 0 Å². The van der Waals surface area contributed by atoms with E-state index in [1.54, 1.807) is 24.2 Å². The Morgan fingerprint density at radius 2 is 1.83 bits per heavy atom. The molecule has 0 unspecified atom stereocenters. The molecule has 1 fully saturated rings. The summed E-state index contributed by atoms with van der Waals surface area (Å²) in [5, 5.41) is 3.95. The minimum atomic E-state index is -0.0972. The lowest BCUT2D eigenvalue weighted by Gasteiger charge is -2.14. The number of likely N-dealkylation sites (tertiary alicyclic amines) is 1. The highest BCUT2D eigenvalue weighted by molar-refractivity contribution is 7.98. The number of thioether (sulfide) groups is 1. The van der Waals surface area contributed by atoms with Crippen LogP contribution in [0, 0.1) is 0 Å². The summed E-state index contributed by atoms with van der Waals surface area (Å²) in [6.07, 6.45) is 4.01. The van der Waals surface area contributed by atoms with Crippen molar-refractivity contribution >= 4 is 29.4 Å². The van der Waals surface area contributed by atoms with Gasteiger partial charge in [-0.15, -0.1) is 11.8 Å². The van der Waals surface area contributed by atoms with Gasteiger partial charge in [0.05, 0.1) is 12.4 Å². The number of carbonyl (C=O) groups is 2. The van der Waals surface area contributed by atoms with Crippen molar-refractivity contribution < 1.29 is 9.59 Å².